The second-order valence-electron chi connectivity index (χ2n) is 17.5. The summed E-state index contributed by atoms with van der Waals surface area (Å²) in [5.41, 5.74) is 0. The second kappa shape index (κ2) is 24.7. The average molecular weight is 1030 g/mol. The van der Waals surface area contributed by atoms with Crippen molar-refractivity contribution in [1.29, 1.82) is 0 Å². The van der Waals surface area contributed by atoms with Crippen molar-refractivity contribution in [2.75, 3.05) is 39.6 Å². The zero-order chi connectivity index (χ0) is 51.6. The van der Waals surface area contributed by atoms with Gasteiger partial charge in [-0.05, 0) is 0 Å². The van der Waals surface area contributed by atoms with Crippen molar-refractivity contribution in [3.63, 3.8) is 0 Å². The third kappa shape index (κ3) is 12.0. The van der Waals surface area contributed by atoms with Gasteiger partial charge in [0.05, 0.1) is 39.6 Å². The van der Waals surface area contributed by atoms with Crippen molar-refractivity contribution < 1.29 is 154 Å². The van der Waals surface area contributed by atoms with Gasteiger partial charge in [-0.2, -0.15) is 0 Å². The molecule has 0 aromatic rings. The van der Waals surface area contributed by atoms with Crippen LogP contribution in [-0.4, -0.2) is 327 Å². The fourth-order valence-corrected chi connectivity index (χ4v) is 8.81. The highest BCUT2D eigenvalue weighted by atomic mass is 16.8. The topological polar surface area (TPSA) is 515 Å². The highest BCUT2D eigenvalue weighted by Gasteiger charge is 2.57. The van der Waals surface area contributed by atoms with E-state index in [2.05, 4.69) is 5.32 Å². The summed E-state index contributed by atoms with van der Waals surface area (Å²) in [7, 11) is 0. The molecular formula is C38H65NO31. The monoisotopic (exact) mass is 1030 g/mol. The lowest BCUT2D eigenvalue weighted by Gasteiger charge is -2.49. The first-order valence-electron chi connectivity index (χ1n) is 22.1. The lowest BCUT2D eigenvalue weighted by atomic mass is 9.95. The third-order valence-corrected chi connectivity index (χ3v) is 12.8. The number of aliphatic hydroxyl groups excluding tert-OH is 19. The minimum absolute atomic E-state index is 0.806. The van der Waals surface area contributed by atoms with E-state index in [-0.39, 0.29) is 0 Å². The zero-order valence-corrected chi connectivity index (χ0v) is 37.0. The maximum Gasteiger partial charge on any atom is 0.217 e. The Morgan fingerprint density at radius 2 is 0.729 bits per heavy atom. The molecule has 0 aromatic carbocycles. The van der Waals surface area contributed by atoms with E-state index in [1.54, 1.807) is 0 Å². The van der Waals surface area contributed by atoms with Crippen LogP contribution in [0.15, 0.2) is 0 Å². The van der Waals surface area contributed by atoms with E-state index in [1.165, 1.54) is 0 Å². The van der Waals surface area contributed by atoms with Gasteiger partial charge in [0.25, 0.3) is 0 Å². The summed E-state index contributed by atoms with van der Waals surface area (Å²) >= 11 is 0. The van der Waals surface area contributed by atoms with Gasteiger partial charge < -0.3 is 154 Å². The van der Waals surface area contributed by atoms with Gasteiger partial charge in [-0.25, -0.2) is 0 Å². The molecule has 0 spiro atoms. The molecule has 20 N–H and O–H groups in total. The molecule has 408 valence electrons. The molecule has 6 saturated heterocycles. The van der Waals surface area contributed by atoms with Crippen LogP contribution in [0.5, 0.6) is 0 Å². The molecule has 6 aliphatic rings. The standard InChI is InChI=1S/C38H65NO31/c1-8(45)39-15-20(50)29(67-35-25(55)21(51)16(46)9(2-40)62-35)13(6-44)65-34(15)60-7-14-19(49)32(28(58)38(66-14)68-30-12(5-43)61-33(59)24(54)23(30)53)70-37-27(57)31(18(48)11(4-42)64-37)69-36-26(56)22(52)17(47)10(3-41)63-36/h9-38,40-44,46-59H,2-7H2,1H3,(H,39,45)/t9-,10-,11-,12-,13-,14-,15-,16+,17+,18+,19+,20-,21+,22+,23-,24-,25-,26-,27-,28-,29-,30-,31+,32+,33-,34-,35+,36+,37+,38+/m1/s1. The van der Waals surface area contributed by atoms with Gasteiger partial charge in [-0.15, -0.1) is 0 Å². The fourth-order valence-electron chi connectivity index (χ4n) is 8.81. The third-order valence-electron chi connectivity index (χ3n) is 12.8. The molecule has 0 unspecified atom stereocenters. The highest BCUT2D eigenvalue weighted by molar-refractivity contribution is 5.73. The molecule has 0 saturated carbocycles. The minimum Gasteiger partial charge on any atom is -0.394 e. The Kier molecular flexibility index (Phi) is 20.3. The number of amides is 1. The van der Waals surface area contributed by atoms with Gasteiger partial charge in [0.2, 0.25) is 5.91 Å². The molecule has 6 heterocycles. The normalized spacial score (nSPS) is 51.5. The Morgan fingerprint density at radius 1 is 0.371 bits per heavy atom. The number of nitrogens with one attached hydrogen (secondary N) is 1. The highest BCUT2D eigenvalue weighted by Crippen LogP contribution is 2.36. The van der Waals surface area contributed by atoms with Gasteiger partial charge in [0.1, 0.15) is 146 Å². The van der Waals surface area contributed by atoms with Crippen LogP contribution in [0.1, 0.15) is 6.92 Å². The summed E-state index contributed by atoms with van der Waals surface area (Å²) < 4.78 is 61.9. The van der Waals surface area contributed by atoms with Gasteiger partial charge in [-0.3, -0.25) is 4.79 Å². The van der Waals surface area contributed by atoms with E-state index in [4.69, 9.17) is 52.1 Å². The summed E-state index contributed by atoms with van der Waals surface area (Å²) in [5.74, 6) is -0.806. The lowest BCUT2D eigenvalue weighted by molar-refractivity contribution is -0.392. The zero-order valence-electron chi connectivity index (χ0n) is 37.0. The fraction of sp³-hybridized carbons (Fsp3) is 0.974. The molecule has 6 rings (SSSR count). The number of ether oxygens (including phenoxy) is 11. The molecule has 0 bridgehead atoms. The molecular weight excluding hydrogens is 966 g/mol. The molecule has 6 aliphatic heterocycles. The molecule has 32 heteroatoms. The summed E-state index contributed by atoms with van der Waals surface area (Å²) in [5, 5.41) is 203. The van der Waals surface area contributed by atoms with Gasteiger partial charge >= 0.3 is 0 Å². The van der Waals surface area contributed by atoms with Gasteiger partial charge in [0.15, 0.2) is 37.7 Å². The first-order chi connectivity index (χ1) is 33.1. The SMILES string of the molecule is CC(=O)N[C@H]1[C@H](OC[C@H]2O[C@@H](O[C@H]3[C@H](O)[C@@H](O)[C@H](O)O[C@@H]3CO)[C@H](O)[C@@H](O[C@@H]3O[C@H](CO)[C@H](O)[C@H](O[C@@H]4O[C@H](CO)[C@H](O)[C@H](O)[C@H]4O)[C@H]3O)[C@H]2O)O[C@H](CO)[C@@H](O[C@@H]2O[C@H](CO)[C@H](O)[C@H](O)[C@H]2O)[C@@H]1O. The molecule has 30 atom stereocenters. The molecule has 32 nitrogen and oxygen atoms in total. The van der Waals surface area contributed by atoms with Crippen molar-refractivity contribution in [2.24, 2.45) is 0 Å². The molecule has 0 radical (unpaired) electrons. The summed E-state index contributed by atoms with van der Waals surface area (Å²) in [6.07, 6.45) is -55.7. The quantitative estimate of drug-likeness (QED) is 0.0643. The predicted octanol–water partition coefficient (Wildman–Crippen LogP) is -14.0. The maximum absolute atomic E-state index is 12.4. The predicted molar refractivity (Wildman–Crippen MR) is 211 cm³/mol. The molecule has 0 aliphatic carbocycles. The van der Waals surface area contributed by atoms with Crippen LogP contribution in [0, 0.1) is 0 Å². The smallest absolute Gasteiger partial charge is 0.217 e. The van der Waals surface area contributed by atoms with E-state index in [1.807, 2.05) is 0 Å². The van der Waals surface area contributed by atoms with E-state index in [9.17, 15) is 102 Å². The van der Waals surface area contributed by atoms with Gasteiger partial charge in [0, 0.05) is 6.92 Å². The van der Waals surface area contributed by atoms with Crippen LogP contribution < -0.4 is 5.32 Å². The Bertz CT molecular complexity index is 1620. The molecule has 0 aromatic heterocycles. The molecule has 6 fully saturated rings. The van der Waals surface area contributed by atoms with Crippen LogP contribution in [0.25, 0.3) is 0 Å². The Hall–Kier alpha value is -1.73. The molecule has 70 heavy (non-hydrogen) atoms. The first-order valence-corrected chi connectivity index (χ1v) is 22.1. The minimum atomic E-state index is -2.26. The van der Waals surface area contributed by atoms with Crippen molar-refractivity contribution in [1.82, 2.24) is 5.32 Å². The van der Waals surface area contributed by atoms with Crippen molar-refractivity contribution in [3.05, 3.63) is 0 Å². The van der Waals surface area contributed by atoms with E-state index in [0.29, 0.717) is 0 Å². The number of aliphatic hydroxyl groups is 19. The van der Waals surface area contributed by atoms with Crippen LogP contribution in [0.2, 0.25) is 0 Å². The Labute approximate surface area is 395 Å². The van der Waals surface area contributed by atoms with Crippen molar-refractivity contribution in [3.8, 4) is 0 Å². The second-order valence-corrected chi connectivity index (χ2v) is 17.5. The van der Waals surface area contributed by atoms with Crippen LogP contribution >= 0.6 is 0 Å². The van der Waals surface area contributed by atoms with E-state index < -0.39 is 230 Å². The van der Waals surface area contributed by atoms with Crippen LogP contribution in [-0.2, 0) is 56.9 Å². The van der Waals surface area contributed by atoms with Crippen LogP contribution in [0.3, 0.4) is 0 Å². The Balaban J connectivity index is 1.25. The lowest BCUT2D eigenvalue weighted by Crippen LogP contribution is -2.68. The van der Waals surface area contributed by atoms with Crippen molar-refractivity contribution >= 4 is 5.91 Å². The Morgan fingerprint density at radius 3 is 1.17 bits per heavy atom. The van der Waals surface area contributed by atoms with Crippen molar-refractivity contribution in [2.45, 2.75) is 191 Å². The first kappa shape index (κ1) is 57.5. The van der Waals surface area contributed by atoms with E-state index in [0.717, 1.165) is 6.92 Å². The summed E-state index contributed by atoms with van der Waals surface area (Å²) in [6, 6.07) is -1.67. The molecule has 1 amide bonds. The number of carbonyl (C=O) groups is 1. The number of rotatable bonds is 17. The van der Waals surface area contributed by atoms with Gasteiger partial charge in [-0.1, -0.05) is 0 Å². The average Bonchev–Trinajstić information content (AvgIpc) is 3.33. The summed E-state index contributed by atoms with van der Waals surface area (Å²) in [6.45, 7) is -4.61. The summed E-state index contributed by atoms with van der Waals surface area (Å²) in [4.78, 5) is 12.4. The number of hydrogen-bond acceptors (Lipinski definition) is 31. The number of carbonyl (C=O) groups excluding carboxylic acids is 1. The van der Waals surface area contributed by atoms with Crippen LogP contribution in [0.4, 0.5) is 0 Å². The van der Waals surface area contributed by atoms with E-state index >= 15 is 0 Å². The maximum atomic E-state index is 12.4. The largest absolute Gasteiger partial charge is 0.394 e. The number of hydrogen-bond donors (Lipinski definition) is 20.